The van der Waals surface area contributed by atoms with Gasteiger partial charge in [0.25, 0.3) is 0 Å². The maximum Gasteiger partial charge on any atom is 0.106 e. The van der Waals surface area contributed by atoms with Crippen molar-refractivity contribution in [3.05, 3.63) is 65.5 Å². The van der Waals surface area contributed by atoms with Gasteiger partial charge in [0.2, 0.25) is 0 Å². The standard InChI is InChI=1S/C21H22N2O/c1-21(2)18-10-14(20-12-24-20)4-6-16(18)17-7-5-15(11-19(17)21)23-9-8-22(3)13-23/h4-11,20H,12-13H2,1-3H3. The molecule has 2 aliphatic heterocycles. The van der Waals surface area contributed by atoms with Crippen molar-refractivity contribution >= 4 is 5.69 Å². The molecule has 3 aliphatic rings. The lowest BCUT2D eigenvalue weighted by molar-refractivity contribution is 0.415. The van der Waals surface area contributed by atoms with Crippen LogP contribution < -0.4 is 4.90 Å². The van der Waals surface area contributed by atoms with E-state index < -0.39 is 0 Å². The van der Waals surface area contributed by atoms with Gasteiger partial charge in [-0.3, -0.25) is 0 Å². The summed E-state index contributed by atoms with van der Waals surface area (Å²) in [5, 5.41) is 0. The Hall–Kier alpha value is -2.26. The molecule has 1 unspecified atom stereocenters. The van der Waals surface area contributed by atoms with Gasteiger partial charge in [-0.1, -0.05) is 38.1 Å². The minimum atomic E-state index is 0.0287. The molecule has 0 N–H and O–H groups in total. The number of benzene rings is 2. The van der Waals surface area contributed by atoms with Crippen LogP contribution in [-0.4, -0.2) is 25.2 Å². The molecule has 2 aromatic rings. The SMILES string of the molecule is CN1C=CN(c2ccc3c(c2)C(C)(C)c2cc(C4CO4)ccc2-3)C1. The van der Waals surface area contributed by atoms with E-state index in [0.717, 1.165) is 13.3 Å². The van der Waals surface area contributed by atoms with Crippen LogP contribution in [0.1, 0.15) is 36.6 Å². The van der Waals surface area contributed by atoms with E-state index in [1.165, 1.54) is 33.5 Å². The molecule has 1 saturated heterocycles. The number of epoxide rings is 1. The molecule has 122 valence electrons. The first-order valence-corrected chi connectivity index (χ1v) is 8.60. The third-order valence-corrected chi connectivity index (χ3v) is 5.60. The molecule has 3 heteroatoms. The average molecular weight is 318 g/mol. The molecule has 0 aromatic heterocycles. The summed E-state index contributed by atoms with van der Waals surface area (Å²) in [6.07, 6.45) is 4.59. The summed E-state index contributed by atoms with van der Waals surface area (Å²) in [5.41, 5.74) is 8.21. The fourth-order valence-corrected chi connectivity index (χ4v) is 4.06. The highest BCUT2D eigenvalue weighted by atomic mass is 16.6. The average Bonchev–Trinajstić information content (AvgIpc) is 3.30. The van der Waals surface area contributed by atoms with Crippen LogP contribution in [0, 0.1) is 0 Å². The van der Waals surface area contributed by atoms with Crippen molar-refractivity contribution in [2.24, 2.45) is 0 Å². The van der Waals surface area contributed by atoms with Crippen LogP contribution in [0.2, 0.25) is 0 Å². The molecule has 2 heterocycles. The second-order valence-electron chi connectivity index (χ2n) is 7.65. The Morgan fingerprint density at radius 1 is 1.00 bits per heavy atom. The number of nitrogens with zero attached hydrogens (tertiary/aromatic N) is 2. The smallest absolute Gasteiger partial charge is 0.106 e. The lowest BCUT2D eigenvalue weighted by atomic mass is 9.81. The minimum absolute atomic E-state index is 0.0287. The van der Waals surface area contributed by atoms with Crippen molar-refractivity contribution in [1.29, 1.82) is 0 Å². The number of hydrogen-bond acceptors (Lipinski definition) is 3. The first-order valence-electron chi connectivity index (χ1n) is 8.60. The van der Waals surface area contributed by atoms with Crippen LogP contribution in [-0.2, 0) is 10.2 Å². The fourth-order valence-electron chi connectivity index (χ4n) is 4.06. The molecule has 0 spiro atoms. The van der Waals surface area contributed by atoms with E-state index in [9.17, 15) is 0 Å². The number of anilines is 1. The summed E-state index contributed by atoms with van der Waals surface area (Å²) in [5.74, 6) is 0. The van der Waals surface area contributed by atoms with Crippen molar-refractivity contribution in [2.75, 3.05) is 25.2 Å². The Kier molecular flexibility index (Phi) is 2.73. The summed E-state index contributed by atoms with van der Waals surface area (Å²) in [7, 11) is 2.10. The lowest BCUT2D eigenvalue weighted by Crippen LogP contribution is -2.22. The number of ether oxygens (including phenoxy) is 1. The largest absolute Gasteiger partial charge is 0.368 e. The second kappa shape index (κ2) is 4.64. The number of fused-ring (bicyclic) bond motifs is 3. The van der Waals surface area contributed by atoms with Gasteiger partial charge < -0.3 is 14.5 Å². The zero-order valence-electron chi connectivity index (χ0n) is 14.4. The topological polar surface area (TPSA) is 19.0 Å². The quantitative estimate of drug-likeness (QED) is 0.772. The zero-order chi connectivity index (χ0) is 16.5. The van der Waals surface area contributed by atoms with E-state index in [-0.39, 0.29) is 5.41 Å². The molecule has 5 rings (SSSR count). The third-order valence-electron chi connectivity index (χ3n) is 5.60. The van der Waals surface area contributed by atoms with Gasteiger partial charge in [0.15, 0.2) is 0 Å². The van der Waals surface area contributed by atoms with Crippen molar-refractivity contribution in [1.82, 2.24) is 4.90 Å². The normalized spacial score (nSPS) is 22.7. The van der Waals surface area contributed by atoms with Crippen molar-refractivity contribution in [2.45, 2.75) is 25.4 Å². The van der Waals surface area contributed by atoms with Gasteiger partial charge in [0.1, 0.15) is 6.10 Å². The van der Waals surface area contributed by atoms with Crippen LogP contribution >= 0.6 is 0 Å². The van der Waals surface area contributed by atoms with E-state index in [4.69, 9.17) is 4.74 Å². The summed E-state index contributed by atoms with van der Waals surface area (Å²) in [4.78, 5) is 4.48. The van der Waals surface area contributed by atoms with Crippen molar-refractivity contribution < 1.29 is 4.74 Å². The summed E-state index contributed by atoms with van der Waals surface area (Å²) >= 11 is 0. The molecule has 1 fully saturated rings. The maximum atomic E-state index is 5.48. The van der Waals surface area contributed by atoms with Crippen LogP contribution in [0.3, 0.4) is 0 Å². The zero-order valence-corrected chi connectivity index (χ0v) is 14.4. The highest BCUT2D eigenvalue weighted by Gasteiger charge is 2.37. The van der Waals surface area contributed by atoms with E-state index in [1.54, 1.807) is 0 Å². The highest BCUT2D eigenvalue weighted by Crippen LogP contribution is 2.50. The first kappa shape index (κ1) is 14.1. The molecule has 2 aromatic carbocycles. The number of rotatable bonds is 2. The van der Waals surface area contributed by atoms with Gasteiger partial charge in [0, 0.05) is 30.5 Å². The van der Waals surface area contributed by atoms with Gasteiger partial charge in [-0.25, -0.2) is 0 Å². The van der Waals surface area contributed by atoms with Crippen LogP contribution in [0.4, 0.5) is 5.69 Å². The second-order valence-corrected chi connectivity index (χ2v) is 7.65. The van der Waals surface area contributed by atoms with E-state index in [2.05, 4.69) is 79.5 Å². The van der Waals surface area contributed by atoms with E-state index in [1.807, 2.05) is 0 Å². The molecular formula is C21H22N2O. The molecule has 1 atom stereocenters. The Labute approximate surface area is 143 Å². The summed E-state index contributed by atoms with van der Waals surface area (Å²) < 4.78 is 5.48. The molecule has 0 amide bonds. The van der Waals surface area contributed by atoms with Crippen molar-refractivity contribution in [3.63, 3.8) is 0 Å². The molecule has 1 aliphatic carbocycles. The Bertz CT molecular complexity index is 864. The molecule has 3 nitrogen and oxygen atoms in total. The van der Waals surface area contributed by atoms with Crippen LogP contribution in [0.5, 0.6) is 0 Å². The van der Waals surface area contributed by atoms with Gasteiger partial charge >= 0.3 is 0 Å². The van der Waals surface area contributed by atoms with Gasteiger partial charge in [0.05, 0.1) is 13.3 Å². The summed E-state index contributed by atoms with van der Waals surface area (Å²) in [6.45, 7) is 6.45. The lowest BCUT2D eigenvalue weighted by Gasteiger charge is -2.24. The Balaban J connectivity index is 1.60. The molecular weight excluding hydrogens is 296 g/mol. The van der Waals surface area contributed by atoms with Gasteiger partial charge in [-0.05, 0) is 39.9 Å². The van der Waals surface area contributed by atoms with Gasteiger partial charge in [-0.15, -0.1) is 0 Å². The Morgan fingerprint density at radius 3 is 2.38 bits per heavy atom. The monoisotopic (exact) mass is 318 g/mol. The Morgan fingerprint density at radius 2 is 1.71 bits per heavy atom. The summed E-state index contributed by atoms with van der Waals surface area (Å²) in [6, 6.07) is 13.8. The minimum Gasteiger partial charge on any atom is -0.368 e. The van der Waals surface area contributed by atoms with E-state index in [0.29, 0.717) is 6.10 Å². The predicted molar refractivity (Wildman–Crippen MR) is 96.9 cm³/mol. The third kappa shape index (κ3) is 1.94. The van der Waals surface area contributed by atoms with Crippen LogP contribution in [0.15, 0.2) is 48.8 Å². The molecule has 0 radical (unpaired) electrons. The van der Waals surface area contributed by atoms with E-state index >= 15 is 0 Å². The van der Waals surface area contributed by atoms with Crippen LogP contribution in [0.25, 0.3) is 11.1 Å². The van der Waals surface area contributed by atoms with Crippen molar-refractivity contribution in [3.8, 4) is 11.1 Å². The number of hydrogen-bond donors (Lipinski definition) is 0. The highest BCUT2D eigenvalue weighted by molar-refractivity contribution is 5.83. The fraction of sp³-hybridized carbons (Fsp3) is 0.333. The predicted octanol–water partition coefficient (Wildman–Crippen LogP) is 4.24. The maximum absolute atomic E-state index is 5.48. The molecule has 0 bridgehead atoms. The molecule has 0 saturated carbocycles. The first-order chi connectivity index (χ1) is 11.5. The van der Waals surface area contributed by atoms with Gasteiger partial charge in [-0.2, -0.15) is 0 Å². The molecule has 24 heavy (non-hydrogen) atoms.